The van der Waals surface area contributed by atoms with Crippen molar-refractivity contribution < 1.29 is 80.2 Å². The molecular formula is C76H148O17P2. The van der Waals surface area contributed by atoms with Gasteiger partial charge in [-0.25, -0.2) is 9.13 Å². The van der Waals surface area contributed by atoms with Crippen LogP contribution in [0, 0.1) is 11.8 Å². The molecule has 0 aliphatic carbocycles. The normalized spacial score (nSPS) is 14.3. The molecule has 0 radical (unpaired) electrons. The van der Waals surface area contributed by atoms with Crippen LogP contribution >= 0.6 is 15.6 Å². The predicted octanol–water partition coefficient (Wildman–Crippen LogP) is 22.3. The van der Waals surface area contributed by atoms with Gasteiger partial charge in [-0.05, 0) is 37.5 Å². The molecule has 0 amide bonds. The summed E-state index contributed by atoms with van der Waals surface area (Å²) >= 11 is 0. The van der Waals surface area contributed by atoms with Crippen molar-refractivity contribution in [3.05, 3.63) is 0 Å². The first-order chi connectivity index (χ1) is 45.9. The third-order valence-electron chi connectivity index (χ3n) is 18.1. The topological polar surface area (TPSA) is 237 Å². The van der Waals surface area contributed by atoms with Crippen LogP contribution in [0.4, 0.5) is 0 Å². The Kier molecular flexibility index (Phi) is 66.5. The van der Waals surface area contributed by atoms with E-state index in [0.717, 1.165) is 115 Å². The van der Waals surface area contributed by atoms with Crippen LogP contribution in [0.3, 0.4) is 0 Å². The molecule has 0 rings (SSSR count). The highest BCUT2D eigenvalue weighted by atomic mass is 31.2. The van der Waals surface area contributed by atoms with Crippen LogP contribution in [0.5, 0.6) is 0 Å². The lowest BCUT2D eigenvalue weighted by Gasteiger charge is -2.21. The van der Waals surface area contributed by atoms with Gasteiger partial charge >= 0.3 is 39.5 Å². The van der Waals surface area contributed by atoms with Gasteiger partial charge in [-0.1, -0.05) is 343 Å². The van der Waals surface area contributed by atoms with Crippen LogP contribution in [-0.2, 0) is 65.4 Å². The second kappa shape index (κ2) is 67.9. The zero-order valence-electron chi connectivity index (χ0n) is 62.0. The summed E-state index contributed by atoms with van der Waals surface area (Å²) in [7, 11) is -9.90. The van der Waals surface area contributed by atoms with Crippen molar-refractivity contribution in [3.8, 4) is 0 Å². The highest BCUT2D eigenvalue weighted by Crippen LogP contribution is 2.45. The van der Waals surface area contributed by atoms with Crippen molar-refractivity contribution in [2.45, 2.75) is 413 Å². The van der Waals surface area contributed by atoms with Crippen molar-refractivity contribution >= 4 is 39.5 Å². The maximum Gasteiger partial charge on any atom is 0.472 e. The first-order valence-corrected chi connectivity index (χ1v) is 42.5. The predicted molar refractivity (Wildman–Crippen MR) is 386 cm³/mol. The van der Waals surface area contributed by atoms with E-state index in [4.69, 9.17) is 37.0 Å². The van der Waals surface area contributed by atoms with Crippen molar-refractivity contribution in [3.63, 3.8) is 0 Å². The lowest BCUT2D eigenvalue weighted by atomic mass is 9.99. The minimum Gasteiger partial charge on any atom is -0.462 e. The van der Waals surface area contributed by atoms with Crippen LogP contribution in [0.15, 0.2) is 0 Å². The molecule has 0 bridgehead atoms. The monoisotopic (exact) mass is 1400 g/mol. The molecule has 95 heavy (non-hydrogen) atoms. The summed E-state index contributed by atoms with van der Waals surface area (Å²) in [6, 6.07) is 0. The van der Waals surface area contributed by atoms with Gasteiger partial charge in [-0.15, -0.1) is 0 Å². The first kappa shape index (κ1) is 93.1. The number of aliphatic hydroxyl groups is 1. The Labute approximate surface area is 581 Å². The molecule has 0 saturated heterocycles. The maximum absolute atomic E-state index is 13.1. The molecule has 0 fully saturated rings. The fourth-order valence-corrected chi connectivity index (χ4v) is 13.2. The Balaban J connectivity index is 5.18. The lowest BCUT2D eigenvalue weighted by molar-refractivity contribution is -0.161. The van der Waals surface area contributed by atoms with E-state index in [0.29, 0.717) is 25.7 Å². The summed E-state index contributed by atoms with van der Waals surface area (Å²) in [6.07, 6.45) is 55.6. The number of hydrogen-bond acceptors (Lipinski definition) is 15. The first-order valence-electron chi connectivity index (χ1n) is 39.5. The van der Waals surface area contributed by atoms with E-state index >= 15 is 0 Å². The summed E-state index contributed by atoms with van der Waals surface area (Å²) in [6.45, 7) is 9.64. The number of phosphoric acid groups is 2. The minimum atomic E-state index is -4.96. The van der Waals surface area contributed by atoms with Gasteiger partial charge in [-0.2, -0.15) is 0 Å². The summed E-state index contributed by atoms with van der Waals surface area (Å²) in [5, 5.41) is 10.6. The maximum atomic E-state index is 13.1. The van der Waals surface area contributed by atoms with Crippen LogP contribution in [0.2, 0.25) is 0 Å². The molecule has 6 atom stereocenters. The third kappa shape index (κ3) is 69.0. The molecule has 17 nitrogen and oxygen atoms in total. The summed E-state index contributed by atoms with van der Waals surface area (Å²) in [5.41, 5.74) is 0. The van der Waals surface area contributed by atoms with E-state index in [2.05, 4.69) is 41.5 Å². The molecule has 19 heteroatoms. The highest BCUT2D eigenvalue weighted by molar-refractivity contribution is 7.47. The molecule has 0 aliphatic heterocycles. The highest BCUT2D eigenvalue weighted by Gasteiger charge is 2.30. The fourth-order valence-electron chi connectivity index (χ4n) is 11.6. The molecule has 0 heterocycles. The van der Waals surface area contributed by atoms with E-state index in [1.165, 1.54) is 199 Å². The SMILES string of the molecule is CCCCCCCCCCCCCC(=O)O[C@H](COC(=O)CCCCCCCCC)COP(=O)(O)OC[C@H](O)COP(=O)(O)OC[C@@H](COC(=O)CCCCCCCCCCCCCCCCC(C)CC)OC(=O)CCCCCCCCCCCCCCCCCCC(C)C. The molecule has 3 unspecified atom stereocenters. The average molecular weight is 1400 g/mol. The van der Waals surface area contributed by atoms with Gasteiger partial charge < -0.3 is 33.8 Å². The number of esters is 4. The molecule has 0 aromatic carbocycles. The summed E-state index contributed by atoms with van der Waals surface area (Å²) < 4.78 is 68.4. The smallest absolute Gasteiger partial charge is 0.462 e. The Morgan fingerprint density at radius 3 is 0.800 bits per heavy atom. The molecule has 0 aromatic rings. The quantitative estimate of drug-likeness (QED) is 0.0222. The van der Waals surface area contributed by atoms with Gasteiger partial charge in [0.2, 0.25) is 0 Å². The molecule has 564 valence electrons. The summed E-state index contributed by atoms with van der Waals surface area (Å²) in [4.78, 5) is 72.6. The van der Waals surface area contributed by atoms with Crippen LogP contribution < -0.4 is 0 Å². The second-order valence-electron chi connectivity index (χ2n) is 28.1. The molecule has 0 aromatic heterocycles. The molecular weight excluding hydrogens is 1250 g/mol. The van der Waals surface area contributed by atoms with Crippen LogP contribution in [0.25, 0.3) is 0 Å². The molecule has 3 N–H and O–H groups in total. The number of phosphoric ester groups is 2. The van der Waals surface area contributed by atoms with Crippen molar-refractivity contribution in [2.24, 2.45) is 11.8 Å². The molecule has 0 spiro atoms. The number of ether oxygens (including phenoxy) is 4. The van der Waals surface area contributed by atoms with Crippen molar-refractivity contribution in [1.82, 2.24) is 0 Å². The fraction of sp³-hybridized carbons (Fsp3) is 0.947. The van der Waals surface area contributed by atoms with E-state index < -0.39 is 97.5 Å². The minimum absolute atomic E-state index is 0.107. The number of hydrogen-bond donors (Lipinski definition) is 3. The number of aliphatic hydroxyl groups excluding tert-OH is 1. The largest absolute Gasteiger partial charge is 0.472 e. The molecule has 0 aliphatic rings. The van der Waals surface area contributed by atoms with E-state index in [-0.39, 0.29) is 25.7 Å². The van der Waals surface area contributed by atoms with Crippen LogP contribution in [0.1, 0.15) is 395 Å². The van der Waals surface area contributed by atoms with Crippen LogP contribution in [-0.4, -0.2) is 96.7 Å². The van der Waals surface area contributed by atoms with Gasteiger partial charge in [0.1, 0.15) is 19.3 Å². The Bertz CT molecular complexity index is 1840. The number of carbonyl (C=O) groups excluding carboxylic acids is 4. The Morgan fingerprint density at radius 1 is 0.305 bits per heavy atom. The molecule has 0 saturated carbocycles. The number of unbranched alkanes of at least 4 members (excludes halogenated alkanes) is 44. The third-order valence-corrected chi connectivity index (χ3v) is 20.0. The number of rotatable bonds is 75. The van der Waals surface area contributed by atoms with Crippen molar-refractivity contribution in [1.29, 1.82) is 0 Å². The van der Waals surface area contributed by atoms with Gasteiger partial charge in [0.25, 0.3) is 0 Å². The van der Waals surface area contributed by atoms with E-state index in [9.17, 15) is 43.2 Å². The average Bonchev–Trinajstić information content (AvgIpc) is 2.08. The van der Waals surface area contributed by atoms with Gasteiger partial charge in [0, 0.05) is 25.7 Å². The van der Waals surface area contributed by atoms with E-state index in [1.807, 2.05) is 0 Å². The van der Waals surface area contributed by atoms with Crippen molar-refractivity contribution in [2.75, 3.05) is 39.6 Å². The lowest BCUT2D eigenvalue weighted by Crippen LogP contribution is -2.30. The summed E-state index contributed by atoms with van der Waals surface area (Å²) in [5.74, 6) is -0.460. The second-order valence-corrected chi connectivity index (χ2v) is 31.0. The van der Waals surface area contributed by atoms with Gasteiger partial charge in [0.15, 0.2) is 12.2 Å². The van der Waals surface area contributed by atoms with E-state index in [1.54, 1.807) is 0 Å². The van der Waals surface area contributed by atoms with Gasteiger partial charge in [-0.3, -0.25) is 37.3 Å². The number of carbonyl (C=O) groups is 4. The zero-order chi connectivity index (χ0) is 70.0. The standard InChI is InChI=1S/C76H148O17P2/c1-7-10-12-14-16-17-28-36-42-48-54-60-75(80)92-71(64-86-73(78)58-52-46-38-15-13-11-8-2)66-90-94(82,83)88-62-70(77)63-89-95(84,85)91-67-72(65-87-74(79)59-53-47-41-35-31-26-23-22-25-30-34-40-45-51-57-69(6)9-3)93-76(81)61-55-49-43-37-32-27-21-19-18-20-24-29-33-39-44-50-56-68(4)5/h68-72,77H,7-67H2,1-6H3,(H,82,83)(H,84,85)/t69?,70-,71+,72+/m0/s1. The van der Waals surface area contributed by atoms with Gasteiger partial charge in [0.05, 0.1) is 26.4 Å². The Morgan fingerprint density at radius 2 is 0.537 bits per heavy atom. The Hall–Kier alpha value is -1.94. The zero-order valence-corrected chi connectivity index (χ0v) is 63.8.